The van der Waals surface area contributed by atoms with Gasteiger partial charge in [-0.15, -0.1) is 0 Å². The van der Waals surface area contributed by atoms with Crippen LogP contribution < -0.4 is 0 Å². The predicted octanol–water partition coefficient (Wildman–Crippen LogP) is 7.25. The normalized spacial score (nSPS) is 12.9. The van der Waals surface area contributed by atoms with Gasteiger partial charge in [0.05, 0.1) is 41.2 Å². The van der Waals surface area contributed by atoms with Crippen LogP contribution in [-0.2, 0) is 32.0 Å². The molecular weight excluding hydrogens is 698 g/mol. The van der Waals surface area contributed by atoms with Crippen molar-refractivity contribution in [3.8, 4) is 6.07 Å². The lowest BCUT2D eigenvalue weighted by Crippen LogP contribution is -2.43. The molecule has 0 aliphatic carbocycles. The highest BCUT2D eigenvalue weighted by molar-refractivity contribution is 6.29. The third kappa shape index (κ3) is 12.0. The summed E-state index contributed by atoms with van der Waals surface area (Å²) in [6.07, 6.45) is 1.26. The van der Waals surface area contributed by atoms with Crippen LogP contribution in [0, 0.1) is 23.2 Å². The van der Waals surface area contributed by atoms with Gasteiger partial charge in [-0.25, -0.2) is 9.80 Å². The van der Waals surface area contributed by atoms with Gasteiger partial charge < -0.3 is 9.53 Å². The molecule has 2 heterocycles. The van der Waals surface area contributed by atoms with Crippen molar-refractivity contribution in [2.45, 2.75) is 66.5 Å². The van der Waals surface area contributed by atoms with Crippen LogP contribution in [0.4, 0.5) is 0 Å². The first-order valence-corrected chi connectivity index (χ1v) is 17.8. The minimum atomic E-state index is -0.904. The zero-order valence-electron chi connectivity index (χ0n) is 31.6. The third-order valence-electron chi connectivity index (χ3n) is 8.05. The number of rotatable bonds is 10. The molecule has 2 aliphatic heterocycles. The predicted molar refractivity (Wildman–Crippen MR) is 205 cm³/mol. The molecule has 0 N–H and O–H groups in total. The number of ether oxygens (including phenoxy) is 1. The van der Waals surface area contributed by atoms with Crippen molar-refractivity contribution in [2.24, 2.45) is 11.8 Å². The lowest BCUT2D eigenvalue weighted by Gasteiger charge is -2.27. The first-order valence-electron chi connectivity index (χ1n) is 17.8. The number of nitrogens with zero attached hydrogens (tertiary/aromatic N) is 3. The Morgan fingerprint density at radius 1 is 0.636 bits per heavy atom. The number of aldehydes is 1. The molecule has 0 saturated heterocycles. The molecule has 1 atom stereocenters. The molecule has 2 aliphatic rings. The van der Waals surface area contributed by atoms with Crippen LogP contribution in [-0.4, -0.2) is 57.8 Å². The quantitative estimate of drug-likeness (QED) is 0.0926. The molecule has 4 aromatic rings. The van der Waals surface area contributed by atoms with Crippen molar-refractivity contribution in [2.75, 3.05) is 0 Å². The summed E-state index contributed by atoms with van der Waals surface area (Å²) >= 11 is 0. The number of carbonyl (C=O) groups excluding carboxylic acids is 7. The molecule has 11 heteroatoms. The second-order valence-electron chi connectivity index (χ2n) is 13.3. The van der Waals surface area contributed by atoms with Gasteiger partial charge in [0.1, 0.15) is 6.29 Å². The van der Waals surface area contributed by atoms with Crippen molar-refractivity contribution in [3.63, 3.8) is 0 Å². The molecule has 0 radical (unpaired) electrons. The van der Waals surface area contributed by atoms with Gasteiger partial charge in [-0.2, -0.15) is 5.26 Å². The zero-order valence-corrected chi connectivity index (χ0v) is 31.6. The Labute approximate surface area is 321 Å². The molecule has 4 aromatic carbocycles. The third-order valence-corrected chi connectivity index (χ3v) is 8.05. The summed E-state index contributed by atoms with van der Waals surface area (Å²) in [5.41, 5.74) is 2.88. The Morgan fingerprint density at radius 2 is 1.02 bits per heavy atom. The second kappa shape index (κ2) is 21.2. The van der Waals surface area contributed by atoms with E-state index in [2.05, 4.69) is 0 Å². The Hall–Kier alpha value is -6.54. The molecule has 6 rings (SSSR count). The van der Waals surface area contributed by atoms with Crippen LogP contribution >= 0.6 is 0 Å². The SMILES string of the molecule is CC#N.CC(C)CC(OC(=O)Cc1ccccc1)N1C(=O)c2ccccc2C1=O.CC(C)CC=O.O=C(Cc1ccccc1)N1C(=O)c2ccccc2C1=O. The van der Waals surface area contributed by atoms with Gasteiger partial charge in [-0.1, -0.05) is 113 Å². The lowest BCUT2D eigenvalue weighted by molar-refractivity contribution is -0.155. The summed E-state index contributed by atoms with van der Waals surface area (Å²) in [5, 5.41) is 7.32. The summed E-state index contributed by atoms with van der Waals surface area (Å²) in [5.74, 6) is -2.18. The standard InChI is InChI=1S/C21H21NO4.C16H11NO3.C5H10O.C2H3N/c1-14(2)12-18(26-19(23)13-15-8-4-3-5-9-15)22-20(24)16-10-6-7-11-17(16)21(22)25;18-14(10-11-6-2-1-3-7-11)17-15(19)12-8-4-5-9-13(12)16(17)20;1-5(2)3-4-6;1-2-3/h3-11,14,18H,12-13H2,1-2H3;1-9H,10H2;4-5H,3H2,1-2H3;1H3. The number of hydrogen-bond donors (Lipinski definition) is 0. The monoisotopic (exact) mass is 743 g/mol. The van der Waals surface area contributed by atoms with E-state index in [0.717, 1.165) is 27.2 Å². The summed E-state index contributed by atoms with van der Waals surface area (Å²) in [6.45, 7) is 9.38. The summed E-state index contributed by atoms with van der Waals surface area (Å²) < 4.78 is 5.57. The first kappa shape index (κ1) is 42.9. The molecule has 0 bridgehead atoms. The summed E-state index contributed by atoms with van der Waals surface area (Å²) in [7, 11) is 0. The number of amides is 5. The zero-order chi connectivity index (χ0) is 40.5. The van der Waals surface area contributed by atoms with Crippen molar-refractivity contribution < 1.29 is 38.3 Å². The van der Waals surface area contributed by atoms with Crippen LogP contribution in [0.5, 0.6) is 0 Å². The smallest absolute Gasteiger partial charge is 0.312 e. The van der Waals surface area contributed by atoms with Crippen LogP contribution in [0.15, 0.2) is 109 Å². The minimum Gasteiger partial charge on any atom is -0.441 e. The van der Waals surface area contributed by atoms with Gasteiger partial charge in [0, 0.05) is 19.8 Å². The van der Waals surface area contributed by atoms with Gasteiger partial charge in [-0.05, 0) is 47.2 Å². The fourth-order valence-electron chi connectivity index (χ4n) is 5.49. The van der Waals surface area contributed by atoms with Crippen LogP contribution in [0.1, 0.15) is 100 Å². The Bertz CT molecular complexity index is 1950. The van der Waals surface area contributed by atoms with Gasteiger partial charge in [0.2, 0.25) is 5.91 Å². The average Bonchev–Trinajstić information content (AvgIpc) is 3.57. The van der Waals surface area contributed by atoms with Gasteiger partial charge in [-0.3, -0.25) is 28.8 Å². The Kier molecular flexibility index (Phi) is 16.6. The molecular formula is C44H45N3O8. The van der Waals surface area contributed by atoms with E-state index in [4.69, 9.17) is 10.00 Å². The molecule has 5 amide bonds. The van der Waals surface area contributed by atoms with Crippen molar-refractivity contribution in [3.05, 3.63) is 143 Å². The van der Waals surface area contributed by atoms with Crippen molar-refractivity contribution >= 4 is 41.8 Å². The van der Waals surface area contributed by atoms with E-state index in [-0.39, 0.29) is 18.8 Å². The molecule has 0 aromatic heterocycles. The lowest BCUT2D eigenvalue weighted by atomic mass is 10.1. The highest BCUT2D eigenvalue weighted by atomic mass is 16.6. The van der Waals surface area contributed by atoms with Crippen LogP contribution in [0.3, 0.4) is 0 Å². The number of nitriles is 1. The number of carbonyl (C=O) groups is 7. The Balaban J connectivity index is 0.000000247. The fourth-order valence-corrected chi connectivity index (χ4v) is 5.49. The van der Waals surface area contributed by atoms with Crippen molar-refractivity contribution in [1.29, 1.82) is 5.26 Å². The topological polar surface area (TPSA) is 159 Å². The maximum absolute atomic E-state index is 12.7. The van der Waals surface area contributed by atoms with E-state index in [1.54, 1.807) is 66.7 Å². The molecule has 0 spiro atoms. The van der Waals surface area contributed by atoms with Gasteiger partial charge in [0.15, 0.2) is 6.23 Å². The number of hydrogen-bond acceptors (Lipinski definition) is 9. The largest absolute Gasteiger partial charge is 0.441 e. The number of fused-ring (bicyclic) bond motifs is 2. The minimum absolute atomic E-state index is 0.0340. The van der Waals surface area contributed by atoms with E-state index in [0.29, 0.717) is 41.0 Å². The van der Waals surface area contributed by atoms with E-state index in [9.17, 15) is 33.6 Å². The van der Waals surface area contributed by atoms with E-state index in [1.165, 1.54) is 6.92 Å². The molecule has 0 fully saturated rings. The maximum Gasteiger partial charge on any atom is 0.312 e. The molecule has 284 valence electrons. The molecule has 1 unspecified atom stereocenters. The number of benzene rings is 4. The molecule has 11 nitrogen and oxygen atoms in total. The van der Waals surface area contributed by atoms with Gasteiger partial charge in [0.25, 0.3) is 23.6 Å². The summed E-state index contributed by atoms with van der Waals surface area (Å²) in [4.78, 5) is 85.6. The number of imide groups is 4. The van der Waals surface area contributed by atoms with Gasteiger partial charge >= 0.3 is 5.97 Å². The summed E-state index contributed by atoms with van der Waals surface area (Å²) in [6, 6.07) is 33.2. The Morgan fingerprint density at radius 3 is 1.38 bits per heavy atom. The average molecular weight is 744 g/mol. The second-order valence-corrected chi connectivity index (χ2v) is 13.3. The van der Waals surface area contributed by atoms with E-state index >= 15 is 0 Å². The highest BCUT2D eigenvalue weighted by Crippen LogP contribution is 2.28. The molecule has 55 heavy (non-hydrogen) atoms. The fraction of sp³-hybridized carbons (Fsp3) is 0.273. The van der Waals surface area contributed by atoms with Crippen LogP contribution in [0.2, 0.25) is 0 Å². The highest BCUT2D eigenvalue weighted by Gasteiger charge is 2.42. The number of esters is 1. The van der Waals surface area contributed by atoms with E-state index in [1.807, 2.05) is 76.2 Å². The molecule has 0 saturated carbocycles. The van der Waals surface area contributed by atoms with E-state index < -0.39 is 41.7 Å². The first-order chi connectivity index (χ1) is 26.3. The van der Waals surface area contributed by atoms with Crippen molar-refractivity contribution in [1.82, 2.24) is 9.80 Å². The maximum atomic E-state index is 12.7. The van der Waals surface area contributed by atoms with Crippen LogP contribution in [0.25, 0.3) is 0 Å².